The Morgan fingerprint density at radius 3 is 2.94 bits per heavy atom. The summed E-state index contributed by atoms with van der Waals surface area (Å²) >= 11 is 0. The first kappa shape index (κ1) is 11.3. The van der Waals surface area contributed by atoms with Crippen molar-refractivity contribution in [2.75, 3.05) is 5.73 Å². The molecule has 96 valence electrons. The van der Waals surface area contributed by atoms with E-state index in [1.165, 1.54) is 0 Å². The minimum Gasteiger partial charge on any atom is -0.505 e. The van der Waals surface area contributed by atoms with Gasteiger partial charge in [-0.1, -0.05) is 6.07 Å². The fraction of sp³-hybridized carbons (Fsp3) is 0.462. The summed E-state index contributed by atoms with van der Waals surface area (Å²) in [4.78, 5) is 12.1. The second kappa shape index (κ2) is 4.17. The number of aromatic hydroxyl groups is 1. The maximum absolute atomic E-state index is 12.1. The summed E-state index contributed by atoms with van der Waals surface area (Å²) in [6, 6.07) is 4.83. The zero-order chi connectivity index (χ0) is 12.7. The quantitative estimate of drug-likeness (QED) is 0.539. The van der Waals surface area contributed by atoms with Crippen LogP contribution in [0.5, 0.6) is 5.75 Å². The SMILES string of the molecule is Nc1cccc(C(=O)NC2CC3CCC2O3)c1O. The lowest BCUT2D eigenvalue weighted by molar-refractivity contribution is 0.0839. The number of carbonyl (C=O) groups is 1. The standard InChI is InChI=1S/C13H16N2O3/c14-9-3-1-2-8(12(9)16)13(17)15-10-6-7-4-5-11(10)18-7/h1-3,7,10-11,16H,4-6,14H2,(H,15,17). The average Bonchev–Trinajstić information content (AvgIpc) is 2.94. The van der Waals surface area contributed by atoms with E-state index in [-0.39, 0.29) is 41.2 Å². The topological polar surface area (TPSA) is 84.6 Å². The summed E-state index contributed by atoms with van der Waals surface area (Å²) < 4.78 is 5.67. The van der Waals surface area contributed by atoms with Gasteiger partial charge in [0, 0.05) is 0 Å². The molecule has 1 amide bonds. The van der Waals surface area contributed by atoms with Gasteiger partial charge in [-0.05, 0) is 31.4 Å². The molecule has 4 N–H and O–H groups in total. The predicted molar refractivity (Wildman–Crippen MR) is 66.3 cm³/mol. The summed E-state index contributed by atoms with van der Waals surface area (Å²) in [5.41, 5.74) is 6.01. The molecule has 2 saturated heterocycles. The summed E-state index contributed by atoms with van der Waals surface area (Å²) in [5, 5.41) is 12.7. The molecule has 5 heteroatoms. The highest BCUT2D eigenvalue weighted by atomic mass is 16.5. The number of anilines is 1. The van der Waals surface area contributed by atoms with Gasteiger partial charge in [0.1, 0.15) is 0 Å². The Bertz CT molecular complexity index is 489. The summed E-state index contributed by atoms with van der Waals surface area (Å²) in [6.45, 7) is 0. The van der Waals surface area contributed by atoms with E-state index < -0.39 is 0 Å². The van der Waals surface area contributed by atoms with Crippen molar-refractivity contribution in [2.24, 2.45) is 0 Å². The monoisotopic (exact) mass is 248 g/mol. The summed E-state index contributed by atoms with van der Waals surface area (Å²) in [7, 11) is 0. The Balaban J connectivity index is 1.73. The van der Waals surface area contributed by atoms with Crippen LogP contribution in [0.15, 0.2) is 18.2 Å². The number of nitrogen functional groups attached to an aromatic ring is 1. The van der Waals surface area contributed by atoms with Gasteiger partial charge in [0.2, 0.25) is 0 Å². The molecule has 2 fully saturated rings. The van der Waals surface area contributed by atoms with Crippen molar-refractivity contribution < 1.29 is 14.6 Å². The molecule has 0 aliphatic carbocycles. The molecular formula is C13H16N2O3. The third-order valence-corrected chi connectivity index (χ3v) is 3.73. The van der Waals surface area contributed by atoms with Crippen molar-refractivity contribution in [1.82, 2.24) is 5.32 Å². The minimum absolute atomic E-state index is 0.0529. The van der Waals surface area contributed by atoms with Crippen molar-refractivity contribution in [3.8, 4) is 5.75 Å². The highest BCUT2D eigenvalue weighted by molar-refractivity contribution is 5.98. The molecule has 5 nitrogen and oxygen atoms in total. The number of nitrogens with one attached hydrogen (secondary N) is 1. The molecule has 18 heavy (non-hydrogen) atoms. The van der Waals surface area contributed by atoms with Crippen LogP contribution < -0.4 is 11.1 Å². The van der Waals surface area contributed by atoms with Crippen LogP contribution in [-0.4, -0.2) is 29.3 Å². The van der Waals surface area contributed by atoms with Gasteiger partial charge in [0.25, 0.3) is 5.91 Å². The van der Waals surface area contributed by atoms with Crippen molar-refractivity contribution in [2.45, 2.75) is 37.5 Å². The predicted octanol–water partition coefficient (Wildman–Crippen LogP) is 1.02. The van der Waals surface area contributed by atoms with Gasteiger partial charge >= 0.3 is 0 Å². The molecule has 1 aromatic rings. The van der Waals surface area contributed by atoms with E-state index in [2.05, 4.69) is 5.32 Å². The summed E-state index contributed by atoms with van der Waals surface area (Å²) in [6.07, 6.45) is 3.36. The molecule has 2 aliphatic rings. The number of hydrogen-bond donors (Lipinski definition) is 3. The Hall–Kier alpha value is -1.75. The number of nitrogens with two attached hydrogens (primary N) is 1. The molecule has 0 radical (unpaired) electrons. The van der Waals surface area contributed by atoms with E-state index in [0.717, 1.165) is 19.3 Å². The zero-order valence-corrected chi connectivity index (χ0v) is 9.93. The van der Waals surface area contributed by atoms with Crippen molar-refractivity contribution >= 4 is 11.6 Å². The number of phenolic OH excluding ortho intramolecular Hbond substituents is 1. The fourth-order valence-electron chi connectivity index (χ4n) is 2.78. The molecule has 3 rings (SSSR count). The van der Waals surface area contributed by atoms with Crippen LogP contribution in [0.2, 0.25) is 0 Å². The van der Waals surface area contributed by atoms with Crippen LogP contribution in [0, 0.1) is 0 Å². The molecule has 3 unspecified atom stereocenters. The molecule has 2 heterocycles. The van der Waals surface area contributed by atoms with E-state index >= 15 is 0 Å². The second-order valence-electron chi connectivity index (χ2n) is 4.93. The number of rotatable bonds is 2. The first-order valence-electron chi connectivity index (χ1n) is 6.19. The summed E-state index contributed by atoms with van der Waals surface area (Å²) in [5.74, 6) is -0.444. The number of phenols is 1. The molecular weight excluding hydrogens is 232 g/mol. The highest BCUT2D eigenvalue weighted by Crippen LogP contribution is 2.34. The van der Waals surface area contributed by atoms with E-state index in [1.54, 1.807) is 18.2 Å². The number of ether oxygens (including phenoxy) is 1. The van der Waals surface area contributed by atoms with E-state index in [4.69, 9.17) is 10.5 Å². The lowest BCUT2D eigenvalue weighted by atomic mass is 9.95. The number of benzene rings is 1. The van der Waals surface area contributed by atoms with Crippen LogP contribution in [0.4, 0.5) is 5.69 Å². The molecule has 0 aromatic heterocycles. The number of para-hydroxylation sites is 1. The number of fused-ring (bicyclic) bond motifs is 2. The number of hydrogen-bond acceptors (Lipinski definition) is 4. The Labute approximate surface area is 105 Å². The first-order valence-corrected chi connectivity index (χ1v) is 6.19. The van der Waals surface area contributed by atoms with Crippen molar-refractivity contribution in [1.29, 1.82) is 0 Å². The zero-order valence-electron chi connectivity index (χ0n) is 9.93. The van der Waals surface area contributed by atoms with Crippen LogP contribution in [0.3, 0.4) is 0 Å². The van der Waals surface area contributed by atoms with E-state index in [1.807, 2.05) is 0 Å². The third kappa shape index (κ3) is 1.80. The largest absolute Gasteiger partial charge is 0.505 e. The van der Waals surface area contributed by atoms with E-state index in [0.29, 0.717) is 0 Å². The second-order valence-corrected chi connectivity index (χ2v) is 4.93. The molecule has 1 aromatic carbocycles. The Kier molecular flexibility index (Phi) is 2.63. The Morgan fingerprint density at radius 2 is 2.28 bits per heavy atom. The van der Waals surface area contributed by atoms with Crippen LogP contribution in [-0.2, 0) is 4.74 Å². The maximum atomic E-state index is 12.1. The van der Waals surface area contributed by atoms with Crippen molar-refractivity contribution in [3.63, 3.8) is 0 Å². The van der Waals surface area contributed by atoms with Crippen molar-refractivity contribution in [3.05, 3.63) is 23.8 Å². The normalized spacial score (nSPS) is 29.4. The molecule has 3 atom stereocenters. The van der Waals surface area contributed by atoms with Crippen LogP contribution in [0.25, 0.3) is 0 Å². The molecule has 2 aliphatic heterocycles. The number of carbonyl (C=O) groups excluding carboxylic acids is 1. The smallest absolute Gasteiger partial charge is 0.255 e. The lowest BCUT2D eigenvalue weighted by Gasteiger charge is -2.20. The molecule has 0 spiro atoms. The third-order valence-electron chi connectivity index (χ3n) is 3.73. The molecule has 2 bridgehead atoms. The van der Waals surface area contributed by atoms with Gasteiger partial charge in [0.15, 0.2) is 5.75 Å². The van der Waals surface area contributed by atoms with E-state index in [9.17, 15) is 9.90 Å². The highest BCUT2D eigenvalue weighted by Gasteiger charge is 2.41. The van der Waals surface area contributed by atoms with Gasteiger partial charge in [-0.3, -0.25) is 4.79 Å². The van der Waals surface area contributed by atoms with Gasteiger partial charge in [-0.15, -0.1) is 0 Å². The average molecular weight is 248 g/mol. The van der Waals surface area contributed by atoms with Gasteiger partial charge < -0.3 is 20.9 Å². The van der Waals surface area contributed by atoms with Gasteiger partial charge in [-0.25, -0.2) is 0 Å². The number of amides is 1. The lowest BCUT2D eigenvalue weighted by Crippen LogP contribution is -2.41. The Morgan fingerprint density at radius 1 is 1.44 bits per heavy atom. The van der Waals surface area contributed by atoms with Gasteiger partial charge in [-0.2, -0.15) is 0 Å². The van der Waals surface area contributed by atoms with Crippen LogP contribution in [0.1, 0.15) is 29.6 Å². The minimum atomic E-state index is -0.291. The first-order chi connectivity index (χ1) is 8.65. The van der Waals surface area contributed by atoms with Gasteiger partial charge in [0.05, 0.1) is 29.5 Å². The van der Waals surface area contributed by atoms with Crippen LogP contribution >= 0.6 is 0 Å². The molecule has 0 saturated carbocycles. The fourth-order valence-corrected chi connectivity index (χ4v) is 2.78. The maximum Gasteiger partial charge on any atom is 0.255 e.